The monoisotopic (exact) mass is 498 g/mol. The largest absolute Gasteiger partial charge is 0.383 e. The first kappa shape index (κ1) is 21.6. The molecule has 166 valence electrons. The lowest BCUT2D eigenvalue weighted by Gasteiger charge is -2.09. The van der Waals surface area contributed by atoms with Crippen LogP contribution in [-0.2, 0) is 6.42 Å². The molecule has 0 aliphatic carbocycles. The van der Waals surface area contributed by atoms with Crippen molar-refractivity contribution >= 4 is 57.3 Å². The predicted molar refractivity (Wildman–Crippen MR) is 133 cm³/mol. The standard InChI is InChI=1S/C23H17Cl2FN6S/c24-16-8-7-13(12-17(16)25)32-21(27)19-20(15-5-1-2-6-18(15)26)29-23(30-22(19)31-32)28-10-9-14-4-3-11-33-14/h1-8,11-12H,9-10,27H2,(H,28,30,31). The Bertz CT molecular complexity index is 1450. The summed E-state index contributed by atoms with van der Waals surface area (Å²) in [4.78, 5) is 10.4. The summed E-state index contributed by atoms with van der Waals surface area (Å²) in [6.07, 6.45) is 0.813. The van der Waals surface area contributed by atoms with E-state index in [0.29, 0.717) is 50.5 Å². The lowest BCUT2D eigenvalue weighted by atomic mass is 10.1. The summed E-state index contributed by atoms with van der Waals surface area (Å²) < 4.78 is 16.3. The zero-order chi connectivity index (χ0) is 22.9. The quantitative estimate of drug-likeness (QED) is 0.290. The third-order valence-corrected chi connectivity index (χ3v) is 6.76. The molecule has 0 aliphatic heterocycles. The van der Waals surface area contributed by atoms with Crippen LogP contribution in [0, 0.1) is 5.82 Å². The van der Waals surface area contributed by atoms with E-state index in [0.717, 1.165) is 6.42 Å². The second-order valence-corrected chi connectivity index (χ2v) is 9.07. The molecule has 0 amide bonds. The Morgan fingerprint density at radius 1 is 1.03 bits per heavy atom. The van der Waals surface area contributed by atoms with Crippen LogP contribution in [0.5, 0.6) is 0 Å². The smallest absolute Gasteiger partial charge is 0.225 e. The van der Waals surface area contributed by atoms with Crippen LogP contribution in [0.2, 0.25) is 10.0 Å². The van der Waals surface area contributed by atoms with Gasteiger partial charge in [0.2, 0.25) is 5.95 Å². The first-order chi connectivity index (χ1) is 16.0. The molecule has 3 heterocycles. The fraction of sp³-hybridized carbons (Fsp3) is 0.0870. The topological polar surface area (TPSA) is 81.7 Å². The van der Waals surface area contributed by atoms with Gasteiger partial charge in [0.25, 0.3) is 0 Å². The Kier molecular flexibility index (Phi) is 5.88. The van der Waals surface area contributed by atoms with Crippen molar-refractivity contribution in [3.8, 4) is 16.9 Å². The maximum Gasteiger partial charge on any atom is 0.225 e. The molecule has 3 aromatic heterocycles. The molecule has 33 heavy (non-hydrogen) atoms. The van der Waals surface area contributed by atoms with E-state index >= 15 is 0 Å². The lowest BCUT2D eigenvalue weighted by Crippen LogP contribution is -2.08. The van der Waals surface area contributed by atoms with Crippen molar-refractivity contribution in [1.82, 2.24) is 19.7 Å². The van der Waals surface area contributed by atoms with E-state index in [1.54, 1.807) is 47.7 Å². The van der Waals surface area contributed by atoms with Gasteiger partial charge in [-0.1, -0.05) is 41.4 Å². The Balaban J connectivity index is 1.62. The number of nitrogens with two attached hydrogens (primary N) is 1. The summed E-state index contributed by atoms with van der Waals surface area (Å²) in [5, 5.41) is 11.1. The lowest BCUT2D eigenvalue weighted by molar-refractivity contribution is 0.631. The summed E-state index contributed by atoms with van der Waals surface area (Å²) in [5.74, 6) is 0.201. The van der Waals surface area contributed by atoms with Crippen LogP contribution in [0.4, 0.5) is 16.2 Å². The molecule has 0 fully saturated rings. The summed E-state index contributed by atoms with van der Waals surface area (Å²) >= 11 is 13.9. The Hall–Kier alpha value is -3.20. The van der Waals surface area contributed by atoms with Crippen molar-refractivity contribution in [1.29, 1.82) is 0 Å². The fourth-order valence-electron chi connectivity index (χ4n) is 3.50. The Morgan fingerprint density at radius 2 is 1.88 bits per heavy atom. The minimum Gasteiger partial charge on any atom is -0.383 e. The number of fused-ring (bicyclic) bond motifs is 1. The zero-order valence-electron chi connectivity index (χ0n) is 17.1. The molecule has 5 rings (SSSR count). The van der Waals surface area contributed by atoms with Crippen molar-refractivity contribution < 1.29 is 4.39 Å². The molecular formula is C23H17Cl2FN6S. The fourth-order valence-corrected chi connectivity index (χ4v) is 4.51. The summed E-state index contributed by atoms with van der Waals surface area (Å²) in [5.41, 5.74) is 8.08. The number of nitrogens with zero attached hydrogens (tertiary/aromatic N) is 4. The number of nitrogens with one attached hydrogen (secondary N) is 1. The minimum atomic E-state index is -0.413. The van der Waals surface area contributed by atoms with Gasteiger partial charge in [-0.2, -0.15) is 4.98 Å². The summed E-state index contributed by atoms with van der Waals surface area (Å²) in [6.45, 7) is 0.617. The van der Waals surface area contributed by atoms with Crippen LogP contribution in [0.1, 0.15) is 4.88 Å². The molecule has 0 atom stereocenters. The van der Waals surface area contributed by atoms with Crippen molar-refractivity contribution in [3.63, 3.8) is 0 Å². The van der Waals surface area contributed by atoms with E-state index in [1.165, 1.54) is 15.6 Å². The van der Waals surface area contributed by atoms with Gasteiger partial charge in [-0.25, -0.2) is 14.1 Å². The Labute approximate surface area is 202 Å². The van der Waals surface area contributed by atoms with Gasteiger partial charge in [0.1, 0.15) is 11.6 Å². The number of benzene rings is 2. The van der Waals surface area contributed by atoms with Crippen molar-refractivity contribution in [2.45, 2.75) is 6.42 Å². The molecular weight excluding hydrogens is 482 g/mol. The molecule has 0 bridgehead atoms. The first-order valence-electron chi connectivity index (χ1n) is 10.0. The van der Waals surface area contributed by atoms with Crippen molar-refractivity contribution in [2.24, 2.45) is 0 Å². The highest BCUT2D eigenvalue weighted by atomic mass is 35.5. The second-order valence-electron chi connectivity index (χ2n) is 7.23. The number of aromatic nitrogens is 4. The van der Waals surface area contributed by atoms with Crippen LogP contribution < -0.4 is 11.1 Å². The average Bonchev–Trinajstić information content (AvgIpc) is 3.44. The third-order valence-electron chi connectivity index (χ3n) is 5.08. The Morgan fingerprint density at radius 3 is 2.64 bits per heavy atom. The number of hydrogen-bond donors (Lipinski definition) is 2. The van der Waals surface area contributed by atoms with Gasteiger partial charge in [0, 0.05) is 17.0 Å². The molecule has 3 N–H and O–H groups in total. The number of nitrogen functional groups attached to an aromatic ring is 1. The number of hydrogen-bond acceptors (Lipinski definition) is 6. The molecule has 10 heteroatoms. The normalized spacial score (nSPS) is 11.2. The predicted octanol–water partition coefficient (Wildman–Crippen LogP) is 6.23. The first-order valence-corrected chi connectivity index (χ1v) is 11.7. The highest BCUT2D eigenvalue weighted by Crippen LogP contribution is 2.35. The number of rotatable bonds is 6. The molecule has 6 nitrogen and oxygen atoms in total. The summed E-state index contributed by atoms with van der Waals surface area (Å²) in [7, 11) is 0. The number of halogens is 3. The SMILES string of the molecule is Nc1c2c(-c3ccccc3F)nc(NCCc3cccs3)nc2nn1-c1ccc(Cl)c(Cl)c1. The van der Waals surface area contributed by atoms with Crippen molar-refractivity contribution in [3.05, 3.63) is 80.7 Å². The highest BCUT2D eigenvalue weighted by Gasteiger charge is 2.21. The van der Waals surface area contributed by atoms with Crippen LogP contribution in [0.15, 0.2) is 60.0 Å². The number of thiophene rings is 1. The second kappa shape index (κ2) is 8.97. The van der Waals surface area contributed by atoms with E-state index in [1.807, 2.05) is 11.4 Å². The highest BCUT2D eigenvalue weighted by molar-refractivity contribution is 7.09. The molecule has 2 aromatic carbocycles. The molecule has 0 aliphatic rings. The molecule has 0 radical (unpaired) electrons. The van der Waals surface area contributed by atoms with Gasteiger partial charge in [-0.05, 0) is 48.2 Å². The maximum absolute atomic E-state index is 14.8. The van der Waals surface area contributed by atoms with E-state index < -0.39 is 5.82 Å². The van der Waals surface area contributed by atoms with Gasteiger partial charge in [-0.3, -0.25) is 0 Å². The molecule has 0 unspecified atom stereocenters. The van der Waals surface area contributed by atoms with Crippen LogP contribution in [0.3, 0.4) is 0 Å². The van der Waals surface area contributed by atoms with Crippen LogP contribution in [-0.4, -0.2) is 26.3 Å². The van der Waals surface area contributed by atoms with E-state index in [-0.39, 0.29) is 5.82 Å². The molecule has 0 saturated carbocycles. The third kappa shape index (κ3) is 4.25. The van der Waals surface area contributed by atoms with Crippen LogP contribution in [0.25, 0.3) is 28.0 Å². The average molecular weight is 499 g/mol. The van der Waals surface area contributed by atoms with E-state index in [2.05, 4.69) is 26.4 Å². The van der Waals surface area contributed by atoms with Gasteiger partial charge >= 0.3 is 0 Å². The zero-order valence-corrected chi connectivity index (χ0v) is 19.4. The van der Waals surface area contributed by atoms with E-state index in [4.69, 9.17) is 28.9 Å². The van der Waals surface area contributed by atoms with Crippen molar-refractivity contribution in [2.75, 3.05) is 17.6 Å². The minimum absolute atomic E-state index is 0.270. The molecule has 0 spiro atoms. The summed E-state index contributed by atoms with van der Waals surface area (Å²) in [6, 6.07) is 15.5. The van der Waals surface area contributed by atoms with E-state index in [9.17, 15) is 4.39 Å². The molecule has 5 aromatic rings. The van der Waals surface area contributed by atoms with Gasteiger partial charge in [0.15, 0.2) is 5.65 Å². The van der Waals surface area contributed by atoms with Gasteiger partial charge < -0.3 is 11.1 Å². The molecule has 0 saturated heterocycles. The number of anilines is 2. The van der Waals surface area contributed by atoms with Gasteiger partial charge in [-0.15, -0.1) is 16.4 Å². The maximum atomic E-state index is 14.8. The van der Waals surface area contributed by atoms with Crippen LogP contribution >= 0.6 is 34.5 Å². The van der Waals surface area contributed by atoms with Gasteiger partial charge in [0.05, 0.1) is 26.8 Å².